The van der Waals surface area contributed by atoms with Crippen LogP contribution in [0.1, 0.15) is 32.0 Å². The molecule has 2 aromatic rings. The third kappa shape index (κ3) is 3.02. The Balaban J connectivity index is 2.36. The van der Waals surface area contributed by atoms with Gasteiger partial charge in [-0.1, -0.05) is 32.0 Å². The largest absolute Gasteiger partial charge is 0.385 e. The summed E-state index contributed by atoms with van der Waals surface area (Å²) in [5, 5.41) is 9.57. The third-order valence-corrected chi connectivity index (χ3v) is 3.85. The van der Waals surface area contributed by atoms with Crippen LogP contribution in [0, 0.1) is 5.92 Å². The average Bonchev–Trinajstić information content (AvgIpc) is 2.80. The molecule has 2 rings (SSSR count). The van der Waals surface area contributed by atoms with E-state index in [0.717, 1.165) is 25.3 Å². The Bertz CT molecular complexity index is 550. The monoisotopic (exact) mass is 275 g/mol. The molecule has 4 nitrogen and oxygen atoms in total. The molecule has 0 amide bonds. The van der Waals surface area contributed by atoms with Gasteiger partial charge in [0, 0.05) is 26.2 Å². The molecular formula is C16H25N3O. The maximum atomic E-state index is 5.22. The van der Waals surface area contributed by atoms with Gasteiger partial charge in [-0.25, -0.2) is 0 Å². The molecule has 0 spiro atoms. The number of aromatic nitrogens is 2. The summed E-state index contributed by atoms with van der Waals surface area (Å²) >= 11 is 0. The molecule has 0 fully saturated rings. The van der Waals surface area contributed by atoms with E-state index in [-0.39, 0.29) is 6.04 Å². The van der Waals surface area contributed by atoms with E-state index in [1.54, 1.807) is 7.11 Å². The highest BCUT2D eigenvalue weighted by molar-refractivity contribution is 5.82. The highest BCUT2D eigenvalue weighted by atomic mass is 16.5. The van der Waals surface area contributed by atoms with Crippen LogP contribution in [0.15, 0.2) is 24.3 Å². The van der Waals surface area contributed by atoms with Gasteiger partial charge >= 0.3 is 0 Å². The Hall–Kier alpha value is -1.39. The number of nitrogens with zero attached hydrogens (tertiary/aromatic N) is 2. The van der Waals surface area contributed by atoms with E-state index >= 15 is 0 Å². The lowest BCUT2D eigenvalue weighted by Crippen LogP contribution is -2.28. The number of aryl methyl sites for hydroxylation is 1. The second-order valence-corrected chi connectivity index (χ2v) is 5.32. The highest BCUT2D eigenvalue weighted by Gasteiger charge is 2.23. The first-order valence-corrected chi connectivity index (χ1v) is 7.33. The van der Waals surface area contributed by atoms with Crippen LogP contribution in [0.3, 0.4) is 0 Å². The number of hydrogen-bond acceptors (Lipinski definition) is 3. The normalized spacial score (nSPS) is 14.6. The minimum atomic E-state index is 0.265. The van der Waals surface area contributed by atoms with Gasteiger partial charge in [0.25, 0.3) is 0 Å². The van der Waals surface area contributed by atoms with Crippen molar-refractivity contribution < 1.29 is 4.74 Å². The first-order valence-electron chi connectivity index (χ1n) is 7.33. The summed E-state index contributed by atoms with van der Waals surface area (Å²) in [6.07, 6.45) is 1.03. The van der Waals surface area contributed by atoms with Crippen LogP contribution in [0.25, 0.3) is 10.9 Å². The molecule has 0 bridgehead atoms. The summed E-state index contributed by atoms with van der Waals surface area (Å²) in [4.78, 5) is 0. The summed E-state index contributed by atoms with van der Waals surface area (Å²) in [6, 6.07) is 8.68. The molecule has 110 valence electrons. The minimum Gasteiger partial charge on any atom is -0.385 e. The summed E-state index contributed by atoms with van der Waals surface area (Å²) in [6.45, 7) is 6.12. The predicted molar refractivity (Wildman–Crippen MR) is 82.8 cm³/mol. The van der Waals surface area contributed by atoms with E-state index in [2.05, 4.69) is 43.4 Å². The van der Waals surface area contributed by atoms with Gasteiger partial charge in [0.1, 0.15) is 0 Å². The van der Waals surface area contributed by atoms with Crippen molar-refractivity contribution in [3.8, 4) is 0 Å². The van der Waals surface area contributed by atoms with Crippen LogP contribution in [-0.4, -0.2) is 30.0 Å². The smallest absolute Gasteiger partial charge is 0.0875 e. The van der Waals surface area contributed by atoms with Gasteiger partial charge in [-0.2, -0.15) is 5.10 Å². The van der Waals surface area contributed by atoms with Gasteiger partial charge in [-0.3, -0.25) is 4.68 Å². The van der Waals surface area contributed by atoms with Crippen molar-refractivity contribution in [2.75, 3.05) is 20.3 Å². The van der Waals surface area contributed by atoms with E-state index in [4.69, 9.17) is 9.84 Å². The molecule has 0 radical (unpaired) electrons. The summed E-state index contributed by atoms with van der Waals surface area (Å²) in [5.74, 6) is 0.480. The fraction of sp³-hybridized carbons (Fsp3) is 0.562. The predicted octanol–water partition coefficient (Wildman–Crippen LogP) is 2.90. The molecule has 1 aromatic carbocycles. The SMILES string of the molecule is CCNC(c1nn(C)c2ccccc12)C(C)CCOC. The second kappa shape index (κ2) is 6.86. The van der Waals surface area contributed by atoms with Crippen LogP contribution in [0.5, 0.6) is 0 Å². The van der Waals surface area contributed by atoms with Crippen molar-refractivity contribution in [2.24, 2.45) is 13.0 Å². The van der Waals surface area contributed by atoms with Crippen molar-refractivity contribution in [3.63, 3.8) is 0 Å². The molecule has 0 aliphatic rings. The number of methoxy groups -OCH3 is 1. The Labute approximate surface area is 121 Å². The lowest BCUT2D eigenvalue weighted by Gasteiger charge is -2.23. The van der Waals surface area contributed by atoms with Crippen molar-refractivity contribution >= 4 is 10.9 Å². The van der Waals surface area contributed by atoms with Gasteiger partial charge in [0.2, 0.25) is 0 Å². The van der Waals surface area contributed by atoms with E-state index < -0.39 is 0 Å². The molecule has 0 saturated carbocycles. The molecule has 0 aliphatic carbocycles. The fourth-order valence-corrected chi connectivity index (χ4v) is 2.73. The van der Waals surface area contributed by atoms with E-state index in [1.807, 2.05) is 11.7 Å². The molecule has 20 heavy (non-hydrogen) atoms. The number of hydrogen-bond donors (Lipinski definition) is 1. The maximum absolute atomic E-state index is 5.22. The number of ether oxygens (including phenoxy) is 1. The number of nitrogens with one attached hydrogen (secondary N) is 1. The lowest BCUT2D eigenvalue weighted by atomic mass is 9.94. The topological polar surface area (TPSA) is 39.1 Å². The molecule has 1 aromatic heterocycles. The first kappa shape index (κ1) is 15.0. The van der Waals surface area contributed by atoms with Crippen molar-refractivity contribution in [2.45, 2.75) is 26.3 Å². The van der Waals surface area contributed by atoms with Gasteiger partial charge < -0.3 is 10.1 Å². The molecule has 4 heteroatoms. The van der Waals surface area contributed by atoms with Crippen molar-refractivity contribution in [1.29, 1.82) is 0 Å². The zero-order chi connectivity index (χ0) is 14.5. The Morgan fingerprint density at radius 3 is 2.80 bits per heavy atom. The Morgan fingerprint density at radius 1 is 1.35 bits per heavy atom. The van der Waals surface area contributed by atoms with E-state index in [1.165, 1.54) is 10.9 Å². The molecule has 0 saturated heterocycles. The molecule has 1 N–H and O–H groups in total. The quantitative estimate of drug-likeness (QED) is 0.844. The zero-order valence-electron chi connectivity index (χ0n) is 12.9. The number of para-hydroxylation sites is 1. The fourth-order valence-electron chi connectivity index (χ4n) is 2.73. The maximum Gasteiger partial charge on any atom is 0.0875 e. The van der Waals surface area contributed by atoms with E-state index in [9.17, 15) is 0 Å². The Morgan fingerprint density at radius 2 is 2.10 bits per heavy atom. The molecule has 1 heterocycles. The van der Waals surface area contributed by atoms with Crippen LogP contribution < -0.4 is 5.32 Å². The number of benzene rings is 1. The Kier molecular flexibility index (Phi) is 5.15. The van der Waals surface area contributed by atoms with Crippen molar-refractivity contribution in [1.82, 2.24) is 15.1 Å². The van der Waals surface area contributed by atoms with Crippen LogP contribution in [0.4, 0.5) is 0 Å². The lowest BCUT2D eigenvalue weighted by molar-refractivity contribution is 0.170. The van der Waals surface area contributed by atoms with Gasteiger partial charge in [0.15, 0.2) is 0 Å². The first-order chi connectivity index (χ1) is 9.69. The van der Waals surface area contributed by atoms with E-state index in [0.29, 0.717) is 5.92 Å². The molecular weight excluding hydrogens is 250 g/mol. The average molecular weight is 275 g/mol. The minimum absolute atomic E-state index is 0.265. The third-order valence-electron chi connectivity index (χ3n) is 3.85. The molecule has 0 aliphatic heterocycles. The second-order valence-electron chi connectivity index (χ2n) is 5.32. The van der Waals surface area contributed by atoms with Gasteiger partial charge in [-0.05, 0) is 24.9 Å². The standard InChI is InChI=1S/C16H25N3O/c1-5-17-15(12(2)10-11-20-4)16-13-8-6-7-9-14(13)19(3)18-16/h6-9,12,15,17H,5,10-11H2,1-4H3. The van der Waals surface area contributed by atoms with Crippen molar-refractivity contribution in [3.05, 3.63) is 30.0 Å². The number of fused-ring (bicyclic) bond motifs is 1. The molecule has 2 unspecified atom stereocenters. The van der Waals surface area contributed by atoms with Crippen LogP contribution in [-0.2, 0) is 11.8 Å². The number of rotatable bonds is 7. The highest BCUT2D eigenvalue weighted by Crippen LogP contribution is 2.29. The van der Waals surface area contributed by atoms with Crippen LogP contribution in [0.2, 0.25) is 0 Å². The summed E-state index contributed by atoms with van der Waals surface area (Å²) < 4.78 is 7.19. The summed E-state index contributed by atoms with van der Waals surface area (Å²) in [5.41, 5.74) is 2.33. The summed E-state index contributed by atoms with van der Waals surface area (Å²) in [7, 11) is 3.76. The molecule has 2 atom stereocenters. The zero-order valence-corrected chi connectivity index (χ0v) is 12.9. The van der Waals surface area contributed by atoms with Gasteiger partial charge in [-0.15, -0.1) is 0 Å². The van der Waals surface area contributed by atoms with Gasteiger partial charge in [0.05, 0.1) is 17.3 Å². The van der Waals surface area contributed by atoms with Crippen LogP contribution >= 0.6 is 0 Å².